The topological polar surface area (TPSA) is 46.8 Å². The highest BCUT2D eigenvalue weighted by atomic mass is 15.3. The third-order valence-electron chi connectivity index (χ3n) is 3.04. The first-order valence-electron chi connectivity index (χ1n) is 5.82. The molecule has 0 aromatic carbocycles. The monoisotopic (exact) mass is 229 g/mol. The molecule has 0 fully saturated rings. The van der Waals surface area contributed by atoms with Gasteiger partial charge in [0.25, 0.3) is 0 Å². The number of nitrogens with zero attached hydrogens (tertiary/aromatic N) is 5. The summed E-state index contributed by atoms with van der Waals surface area (Å²) in [6.07, 6.45) is 7.32. The van der Waals surface area contributed by atoms with Crippen molar-refractivity contribution in [3.63, 3.8) is 0 Å². The van der Waals surface area contributed by atoms with Crippen LogP contribution >= 0.6 is 0 Å². The fraction of sp³-hybridized carbons (Fsp3) is 0.417. The summed E-state index contributed by atoms with van der Waals surface area (Å²) < 4.78 is 1.80. The van der Waals surface area contributed by atoms with Crippen LogP contribution in [-0.2, 0) is 7.05 Å². The number of aryl methyl sites for hydroxylation is 2. The van der Waals surface area contributed by atoms with E-state index in [2.05, 4.69) is 32.1 Å². The van der Waals surface area contributed by atoms with Gasteiger partial charge in [-0.2, -0.15) is 5.10 Å². The van der Waals surface area contributed by atoms with Crippen molar-refractivity contribution in [1.29, 1.82) is 0 Å². The molecule has 3 heterocycles. The Balaban J connectivity index is 2.17. The second kappa shape index (κ2) is 3.84. The Labute approximate surface area is 99.8 Å². The summed E-state index contributed by atoms with van der Waals surface area (Å²) in [7, 11) is 1.91. The van der Waals surface area contributed by atoms with Crippen LogP contribution in [0.1, 0.15) is 12.2 Å². The molecule has 5 nitrogen and oxygen atoms in total. The largest absolute Gasteiger partial charge is 0.352 e. The molecule has 2 aromatic heterocycles. The third kappa shape index (κ3) is 1.67. The molecule has 0 amide bonds. The number of rotatable bonds is 1. The molecular weight excluding hydrogens is 214 g/mol. The van der Waals surface area contributed by atoms with Crippen molar-refractivity contribution in [1.82, 2.24) is 19.7 Å². The van der Waals surface area contributed by atoms with Crippen molar-refractivity contribution in [2.24, 2.45) is 7.05 Å². The lowest BCUT2D eigenvalue weighted by Gasteiger charge is -2.25. The molecular formula is C12H15N5. The van der Waals surface area contributed by atoms with E-state index in [1.54, 1.807) is 4.68 Å². The van der Waals surface area contributed by atoms with E-state index in [4.69, 9.17) is 0 Å². The molecule has 3 rings (SSSR count). The van der Waals surface area contributed by atoms with Gasteiger partial charge >= 0.3 is 0 Å². The van der Waals surface area contributed by atoms with Crippen LogP contribution in [0.15, 0.2) is 18.3 Å². The minimum Gasteiger partial charge on any atom is -0.352 e. The first kappa shape index (κ1) is 10.3. The maximum atomic E-state index is 4.57. The van der Waals surface area contributed by atoms with Crippen molar-refractivity contribution in [2.75, 3.05) is 18.0 Å². The van der Waals surface area contributed by atoms with Crippen LogP contribution in [0, 0.1) is 6.92 Å². The van der Waals surface area contributed by atoms with Gasteiger partial charge in [0.1, 0.15) is 11.6 Å². The zero-order chi connectivity index (χ0) is 11.8. The van der Waals surface area contributed by atoms with Crippen LogP contribution in [0.4, 0.5) is 5.82 Å². The lowest BCUT2D eigenvalue weighted by atomic mass is 10.2. The fourth-order valence-corrected chi connectivity index (χ4v) is 2.19. The van der Waals surface area contributed by atoms with Crippen molar-refractivity contribution in [2.45, 2.75) is 13.3 Å². The van der Waals surface area contributed by atoms with Crippen molar-refractivity contribution in [3.8, 4) is 0 Å². The van der Waals surface area contributed by atoms with Gasteiger partial charge in [-0.25, -0.2) is 9.97 Å². The summed E-state index contributed by atoms with van der Waals surface area (Å²) in [6.45, 7) is 3.85. The molecule has 2 aromatic rings. The summed E-state index contributed by atoms with van der Waals surface area (Å²) in [6, 6.07) is 0. The van der Waals surface area contributed by atoms with Crippen LogP contribution in [0.2, 0.25) is 0 Å². The molecule has 0 unspecified atom stereocenters. The summed E-state index contributed by atoms with van der Waals surface area (Å²) >= 11 is 0. The van der Waals surface area contributed by atoms with Gasteiger partial charge in [-0.3, -0.25) is 4.68 Å². The SMILES string of the molecule is Cc1nc(N2CC=CCC2)c2cnn(C)c2n1. The molecule has 5 heteroatoms. The van der Waals surface area contributed by atoms with E-state index >= 15 is 0 Å². The highest BCUT2D eigenvalue weighted by Gasteiger charge is 2.16. The molecule has 88 valence electrons. The highest BCUT2D eigenvalue weighted by molar-refractivity contribution is 5.87. The quantitative estimate of drug-likeness (QED) is 0.694. The molecule has 0 saturated heterocycles. The Morgan fingerprint density at radius 1 is 1.24 bits per heavy atom. The Kier molecular flexibility index (Phi) is 2.31. The van der Waals surface area contributed by atoms with Crippen LogP contribution in [0.5, 0.6) is 0 Å². The molecule has 0 atom stereocenters. The van der Waals surface area contributed by atoms with Crippen LogP contribution < -0.4 is 4.90 Å². The van der Waals surface area contributed by atoms with E-state index in [1.165, 1.54) is 0 Å². The summed E-state index contributed by atoms with van der Waals surface area (Å²) in [5.74, 6) is 1.80. The van der Waals surface area contributed by atoms with E-state index in [0.29, 0.717) is 0 Å². The van der Waals surface area contributed by atoms with Crippen LogP contribution in [-0.4, -0.2) is 32.8 Å². The van der Waals surface area contributed by atoms with E-state index in [-0.39, 0.29) is 0 Å². The summed E-state index contributed by atoms with van der Waals surface area (Å²) in [4.78, 5) is 11.3. The normalized spacial score (nSPS) is 15.8. The molecule has 0 bridgehead atoms. The fourth-order valence-electron chi connectivity index (χ4n) is 2.19. The second-order valence-electron chi connectivity index (χ2n) is 4.31. The Hall–Kier alpha value is -1.91. The van der Waals surface area contributed by atoms with E-state index in [1.807, 2.05) is 20.2 Å². The molecule has 1 aliphatic rings. The number of aromatic nitrogens is 4. The summed E-state index contributed by atoms with van der Waals surface area (Å²) in [5.41, 5.74) is 0.905. The minimum absolute atomic E-state index is 0.797. The van der Waals surface area contributed by atoms with Crippen molar-refractivity contribution < 1.29 is 0 Å². The van der Waals surface area contributed by atoms with Gasteiger partial charge in [-0.05, 0) is 13.3 Å². The van der Waals surface area contributed by atoms with Crippen LogP contribution in [0.25, 0.3) is 11.0 Å². The van der Waals surface area contributed by atoms with Crippen molar-refractivity contribution >= 4 is 16.9 Å². The average Bonchev–Trinajstić information content (AvgIpc) is 2.72. The van der Waals surface area contributed by atoms with Crippen LogP contribution in [0.3, 0.4) is 0 Å². The zero-order valence-corrected chi connectivity index (χ0v) is 10.1. The average molecular weight is 229 g/mol. The third-order valence-corrected chi connectivity index (χ3v) is 3.04. The first-order chi connectivity index (χ1) is 8.25. The van der Waals surface area contributed by atoms with Gasteiger partial charge in [-0.15, -0.1) is 0 Å². The maximum absolute atomic E-state index is 4.57. The van der Waals surface area contributed by atoms with Crippen molar-refractivity contribution in [3.05, 3.63) is 24.2 Å². The lowest BCUT2D eigenvalue weighted by molar-refractivity contribution is 0.779. The van der Waals surface area contributed by atoms with Gasteiger partial charge in [0.05, 0.1) is 11.6 Å². The van der Waals surface area contributed by atoms with Gasteiger partial charge in [0, 0.05) is 20.1 Å². The molecule has 0 aliphatic carbocycles. The van der Waals surface area contributed by atoms with E-state index < -0.39 is 0 Å². The maximum Gasteiger partial charge on any atom is 0.163 e. The molecule has 0 spiro atoms. The summed E-state index contributed by atoms with van der Waals surface area (Å²) in [5, 5.41) is 5.30. The smallest absolute Gasteiger partial charge is 0.163 e. The molecule has 0 radical (unpaired) electrons. The molecule has 0 saturated carbocycles. The van der Waals surface area contributed by atoms with Gasteiger partial charge in [-0.1, -0.05) is 12.2 Å². The zero-order valence-electron chi connectivity index (χ0n) is 10.1. The number of hydrogen-bond donors (Lipinski definition) is 0. The molecule has 0 N–H and O–H groups in total. The molecule has 17 heavy (non-hydrogen) atoms. The lowest BCUT2D eigenvalue weighted by Crippen LogP contribution is -2.28. The molecule has 1 aliphatic heterocycles. The number of hydrogen-bond acceptors (Lipinski definition) is 4. The number of anilines is 1. The first-order valence-corrected chi connectivity index (χ1v) is 5.82. The predicted octanol–water partition coefficient (Wildman–Crippen LogP) is 1.44. The standard InChI is InChI=1S/C12H15N5/c1-9-14-11-10(8-13-16(11)2)12(15-9)17-6-4-3-5-7-17/h3-4,8H,5-7H2,1-2H3. The minimum atomic E-state index is 0.797. The van der Waals surface area contributed by atoms with Gasteiger partial charge in [0.15, 0.2) is 5.65 Å². The van der Waals surface area contributed by atoms with Gasteiger partial charge < -0.3 is 4.90 Å². The van der Waals surface area contributed by atoms with E-state index in [0.717, 1.165) is 42.2 Å². The highest BCUT2D eigenvalue weighted by Crippen LogP contribution is 2.24. The Bertz CT molecular complexity index is 584. The van der Waals surface area contributed by atoms with Gasteiger partial charge in [0.2, 0.25) is 0 Å². The van der Waals surface area contributed by atoms with E-state index in [9.17, 15) is 0 Å². The predicted molar refractivity (Wildman–Crippen MR) is 67.0 cm³/mol. The Morgan fingerprint density at radius 2 is 2.12 bits per heavy atom. The number of fused-ring (bicyclic) bond motifs is 1. The Morgan fingerprint density at radius 3 is 2.88 bits per heavy atom. The second-order valence-corrected chi connectivity index (χ2v) is 4.31.